The number of halogens is 1. The molecule has 1 aliphatic heterocycles. The maximum atomic E-state index is 12.7. The maximum absolute atomic E-state index is 12.7. The SMILES string of the molecule is CC(=O)C1=NN(c2ccc(Cl)cc2)[C@@H](c2c[nH]c3ccccc23)N1c1cccc(C)c1. The Bertz CT molecular complexity index is 1310. The number of Topliss-reactive ketones (excluding diaryl/α,β-unsaturated/α-hetero) is 1. The number of ketones is 1. The molecule has 6 heteroatoms. The van der Waals surface area contributed by atoms with Gasteiger partial charge in [-0.25, -0.2) is 5.01 Å². The van der Waals surface area contributed by atoms with Gasteiger partial charge < -0.3 is 4.98 Å². The van der Waals surface area contributed by atoms with Crippen molar-refractivity contribution in [2.75, 3.05) is 9.91 Å². The van der Waals surface area contributed by atoms with Crippen LogP contribution in [0.25, 0.3) is 10.9 Å². The molecule has 1 N–H and O–H groups in total. The van der Waals surface area contributed by atoms with Crippen LogP contribution < -0.4 is 9.91 Å². The highest BCUT2D eigenvalue weighted by Crippen LogP contribution is 2.41. The van der Waals surface area contributed by atoms with Gasteiger partial charge in [0.15, 0.2) is 17.8 Å². The summed E-state index contributed by atoms with van der Waals surface area (Å²) in [6.45, 7) is 3.60. The zero-order valence-corrected chi connectivity index (χ0v) is 18.0. The van der Waals surface area contributed by atoms with Gasteiger partial charge in [-0.2, -0.15) is 0 Å². The second-order valence-corrected chi connectivity index (χ2v) is 8.11. The summed E-state index contributed by atoms with van der Waals surface area (Å²) in [7, 11) is 0. The van der Waals surface area contributed by atoms with Crippen LogP contribution in [-0.2, 0) is 4.79 Å². The first kappa shape index (κ1) is 19.4. The van der Waals surface area contributed by atoms with Crippen molar-refractivity contribution in [3.05, 3.63) is 95.1 Å². The summed E-state index contributed by atoms with van der Waals surface area (Å²) in [5.41, 5.74) is 4.96. The van der Waals surface area contributed by atoms with Crippen molar-refractivity contribution in [3.8, 4) is 0 Å². The largest absolute Gasteiger partial charge is 0.361 e. The number of benzene rings is 3. The molecule has 0 fully saturated rings. The molecule has 0 radical (unpaired) electrons. The van der Waals surface area contributed by atoms with Crippen LogP contribution in [0.1, 0.15) is 24.2 Å². The first-order chi connectivity index (χ1) is 15.0. The number of aromatic amines is 1. The molecule has 1 aliphatic rings. The first-order valence-corrected chi connectivity index (χ1v) is 10.5. The fourth-order valence-corrected chi connectivity index (χ4v) is 4.21. The second-order valence-electron chi connectivity index (χ2n) is 7.67. The number of rotatable bonds is 4. The van der Waals surface area contributed by atoms with E-state index in [1.54, 1.807) is 6.92 Å². The van der Waals surface area contributed by atoms with Crippen molar-refractivity contribution >= 4 is 45.5 Å². The van der Waals surface area contributed by atoms with Crippen LogP contribution in [0.3, 0.4) is 0 Å². The van der Waals surface area contributed by atoms with Crippen molar-refractivity contribution in [1.29, 1.82) is 0 Å². The number of hydrogen-bond acceptors (Lipinski definition) is 4. The van der Waals surface area contributed by atoms with E-state index in [0.29, 0.717) is 10.9 Å². The van der Waals surface area contributed by atoms with Gasteiger partial charge in [-0.15, -0.1) is 5.10 Å². The number of nitrogens with one attached hydrogen (secondary N) is 1. The van der Waals surface area contributed by atoms with Crippen LogP contribution in [0.15, 0.2) is 84.1 Å². The molecular formula is C25H21ClN4O. The van der Waals surface area contributed by atoms with Crippen LogP contribution in [0, 0.1) is 6.92 Å². The highest BCUT2D eigenvalue weighted by molar-refractivity contribution is 6.44. The zero-order valence-electron chi connectivity index (χ0n) is 17.2. The van der Waals surface area contributed by atoms with E-state index >= 15 is 0 Å². The van der Waals surface area contributed by atoms with Crippen LogP contribution in [0.4, 0.5) is 11.4 Å². The topological polar surface area (TPSA) is 51.7 Å². The normalized spacial score (nSPS) is 16.1. The van der Waals surface area contributed by atoms with Gasteiger partial charge in [0.25, 0.3) is 0 Å². The summed E-state index contributed by atoms with van der Waals surface area (Å²) >= 11 is 6.13. The molecule has 0 amide bonds. The Hall–Kier alpha value is -3.57. The van der Waals surface area contributed by atoms with E-state index in [2.05, 4.69) is 17.1 Å². The van der Waals surface area contributed by atoms with Crippen LogP contribution >= 0.6 is 11.6 Å². The van der Waals surface area contributed by atoms with Crippen molar-refractivity contribution < 1.29 is 4.79 Å². The molecule has 0 saturated heterocycles. The molecule has 0 unspecified atom stereocenters. The smallest absolute Gasteiger partial charge is 0.198 e. The minimum atomic E-state index is -0.335. The predicted octanol–water partition coefficient (Wildman–Crippen LogP) is 6.06. The molecule has 2 heterocycles. The van der Waals surface area contributed by atoms with E-state index in [-0.39, 0.29) is 11.9 Å². The van der Waals surface area contributed by atoms with Gasteiger partial charge in [-0.3, -0.25) is 9.69 Å². The lowest BCUT2D eigenvalue weighted by Gasteiger charge is -2.31. The van der Waals surface area contributed by atoms with Crippen molar-refractivity contribution in [1.82, 2.24) is 4.98 Å². The highest BCUT2D eigenvalue weighted by atomic mass is 35.5. The van der Waals surface area contributed by atoms with E-state index in [0.717, 1.165) is 33.4 Å². The Morgan fingerprint density at radius 2 is 1.77 bits per heavy atom. The lowest BCUT2D eigenvalue weighted by Crippen LogP contribution is -2.37. The third-order valence-corrected chi connectivity index (χ3v) is 5.74. The minimum absolute atomic E-state index is 0.0946. The van der Waals surface area contributed by atoms with Gasteiger partial charge in [0.1, 0.15) is 0 Å². The average Bonchev–Trinajstić information content (AvgIpc) is 3.36. The average molecular weight is 429 g/mol. The van der Waals surface area contributed by atoms with Gasteiger partial charge in [0.05, 0.1) is 5.69 Å². The van der Waals surface area contributed by atoms with E-state index in [1.165, 1.54) is 0 Å². The number of hydrazone groups is 1. The number of hydrogen-bond donors (Lipinski definition) is 1. The lowest BCUT2D eigenvalue weighted by atomic mass is 10.1. The van der Waals surface area contributed by atoms with Gasteiger partial charge in [-0.1, -0.05) is 41.9 Å². The van der Waals surface area contributed by atoms with Crippen LogP contribution in [-0.4, -0.2) is 16.6 Å². The molecule has 4 aromatic rings. The zero-order chi connectivity index (χ0) is 21.5. The van der Waals surface area contributed by atoms with Crippen molar-refractivity contribution in [2.24, 2.45) is 5.10 Å². The summed E-state index contributed by atoms with van der Waals surface area (Å²) in [5.74, 6) is 0.304. The Morgan fingerprint density at radius 3 is 2.52 bits per heavy atom. The van der Waals surface area contributed by atoms with Crippen LogP contribution in [0.5, 0.6) is 0 Å². The number of para-hydroxylation sites is 1. The molecule has 1 aromatic heterocycles. The number of carbonyl (C=O) groups excluding carboxylic acids is 1. The second kappa shape index (κ2) is 7.60. The fourth-order valence-electron chi connectivity index (χ4n) is 4.08. The Labute approximate surface area is 185 Å². The molecule has 5 nitrogen and oxygen atoms in total. The summed E-state index contributed by atoms with van der Waals surface area (Å²) in [6, 6.07) is 23.8. The Kier molecular flexibility index (Phi) is 4.75. The van der Waals surface area contributed by atoms with Crippen molar-refractivity contribution in [3.63, 3.8) is 0 Å². The standard InChI is InChI=1S/C25H21ClN4O/c1-16-6-5-7-20(14-16)29-24(17(2)31)28-30(19-12-10-18(26)11-13-19)25(29)22-15-27-23-9-4-3-8-21(22)23/h3-15,25,27H,1-2H3/t25-/m0/s1. The summed E-state index contributed by atoms with van der Waals surface area (Å²) in [6.07, 6.45) is 1.66. The first-order valence-electron chi connectivity index (χ1n) is 10.1. The number of aromatic nitrogens is 1. The molecule has 0 bridgehead atoms. The summed E-state index contributed by atoms with van der Waals surface area (Å²) in [4.78, 5) is 18.1. The van der Waals surface area contributed by atoms with Gasteiger partial charge in [-0.05, 0) is 55.0 Å². The molecule has 0 spiro atoms. The van der Waals surface area contributed by atoms with E-state index in [9.17, 15) is 4.79 Å². The third kappa shape index (κ3) is 3.37. The van der Waals surface area contributed by atoms with E-state index in [1.807, 2.05) is 83.7 Å². The number of amidine groups is 1. The maximum Gasteiger partial charge on any atom is 0.198 e. The van der Waals surface area contributed by atoms with Gasteiger partial charge >= 0.3 is 0 Å². The fraction of sp³-hybridized carbons (Fsp3) is 0.120. The molecule has 31 heavy (non-hydrogen) atoms. The molecule has 0 saturated carbocycles. The molecule has 0 aliphatic carbocycles. The lowest BCUT2D eigenvalue weighted by molar-refractivity contribution is -0.111. The number of nitrogens with zero attached hydrogens (tertiary/aromatic N) is 3. The molecule has 3 aromatic carbocycles. The number of fused-ring (bicyclic) bond motifs is 1. The monoisotopic (exact) mass is 428 g/mol. The minimum Gasteiger partial charge on any atom is -0.361 e. The number of anilines is 2. The Balaban J connectivity index is 1.75. The summed E-state index contributed by atoms with van der Waals surface area (Å²) in [5, 5.41) is 8.42. The highest BCUT2D eigenvalue weighted by Gasteiger charge is 2.40. The Morgan fingerprint density at radius 1 is 1.00 bits per heavy atom. The van der Waals surface area contributed by atoms with Gasteiger partial charge in [0.2, 0.25) is 0 Å². The number of aryl methyl sites for hydroxylation is 1. The van der Waals surface area contributed by atoms with Crippen molar-refractivity contribution in [2.45, 2.75) is 20.0 Å². The number of carbonyl (C=O) groups is 1. The molecule has 154 valence electrons. The molecule has 1 atom stereocenters. The molecular weight excluding hydrogens is 408 g/mol. The van der Waals surface area contributed by atoms with E-state index in [4.69, 9.17) is 16.7 Å². The number of H-pyrrole nitrogens is 1. The van der Waals surface area contributed by atoms with Crippen LogP contribution in [0.2, 0.25) is 5.02 Å². The van der Waals surface area contributed by atoms with E-state index < -0.39 is 0 Å². The molecule has 5 rings (SSSR count). The summed E-state index contributed by atoms with van der Waals surface area (Å²) < 4.78 is 0. The quantitative estimate of drug-likeness (QED) is 0.430. The van der Waals surface area contributed by atoms with Gasteiger partial charge in [0, 0.05) is 40.3 Å². The predicted molar refractivity (Wildman–Crippen MR) is 127 cm³/mol. The third-order valence-electron chi connectivity index (χ3n) is 5.49.